The third-order valence-electron chi connectivity index (χ3n) is 5.60. The zero-order valence-corrected chi connectivity index (χ0v) is 15.7. The fourth-order valence-electron chi connectivity index (χ4n) is 3.95. The first-order chi connectivity index (χ1) is 11.9. The lowest BCUT2D eigenvalue weighted by Crippen LogP contribution is -2.55. The van der Waals surface area contributed by atoms with Crippen molar-refractivity contribution in [3.05, 3.63) is 23.8 Å². The second-order valence-corrected chi connectivity index (χ2v) is 11.3. The number of rotatable bonds is 3. The number of sulfone groups is 1. The molecule has 1 aliphatic carbocycles. The molecule has 138 valence electrons. The van der Waals surface area contributed by atoms with Crippen molar-refractivity contribution in [1.82, 2.24) is 4.31 Å². The predicted octanol–water partition coefficient (Wildman–Crippen LogP) is 1.60. The number of nitrogens with zero attached hydrogens (tertiary/aromatic N) is 1. The SMILES string of the molecule is O=S1(=O)CCN(S(=O)(=O)c2ccc3c(c2)CCCO3)C(C2CCC2)C1. The number of fused-ring (bicyclic) bond motifs is 1. The van der Waals surface area contributed by atoms with Crippen LogP contribution in [0, 0.1) is 5.92 Å². The number of ether oxygens (including phenoxy) is 1. The Hall–Kier alpha value is -1.12. The van der Waals surface area contributed by atoms with Gasteiger partial charge in [-0.2, -0.15) is 4.31 Å². The third kappa shape index (κ3) is 3.19. The minimum Gasteiger partial charge on any atom is -0.493 e. The molecule has 0 N–H and O–H groups in total. The largest absolute Gasteiger partial charge is 0.493 e. The van der Waals surface area contributed by atoms with Gasteiger partial charge in [0.25, 0.3) is 0 Å². The van der Waals surface area contributed by atoms with E-state index in [0.29, 0.717) is 6.61 Å². The van der Waals surface area contributed by atoms with Crippen molar-refractivity contribution >= 4 is 19.9 Å². The molecule has 8 heteroatoms. The van der Waals surface area contributed by atoms with E-state index in [-0.39, 0.29) is 28.9 Å². The van der Waals surface area contributed by atoms with Gasteiger partial charge in [-0.25, -0.2) is 16.8 Å². The highest BCUT2D eigenvalue weighted by Gasteiger charge is 2.44. The number of hydrogen-bond donors (Lipinski definition) is 0. The first kappa shape index (κ1) is 17.3. The molecule has 0 amide bonds. The second kappa shape index (κ2) is 6.25. The van der Waals surface area contributed by atoms with Crippen LogP contribution in [0.4, 0.5) is 0 Å². The van der Waals surface area contributed by atoms with Crippen LogP contribution in [0.3, 0.4) is 0 Å². The molecule has 3 aliphatic rings. The number of aryl methyl sites for hydroxylation is 1. The molecule has 0 radical (unpaired) electrons. The van der Waals surface area contributed by atoms with Crippen molar-refractivity contribution in [1.29, 1.82) is 0 Å². The van der Waals surface area contributed by atoms with E-state index >= 15 is 0 Å². The molecule has 2 heterocycles. The van der Waals surface area contributed by atoms with E-state index in [2.05, 4.69) is 0 Å². The summed E-state index contributed by atoms with van der Waals surface area (Å²) in [5, 5.41) is 0. The van der Waals surface area contributed by atoms with Crippen molar-refractivity contribution < 1.29 is 21.6 Å². The van der Waals surface area contributed by atoms with E-state index < -0.39 is 25.9 Å². The summed E-state index contributed by atoms with van der Waals surface area (Å²) < 4.78 is 57.6. The molecule has 1 atom stereocenters. The molecule has 2 aliphatic heterocycles. The molecule has 0 bridgehead atoms. The van der Waals surface area contributed by atoms with Crippen LogP contribution in [-0.2, 0) is 26.3 Å². The maximum Gasteiger partial charge on any atom is 0.243 e. The minimum atomic E-state index is -3.70. The van der Waals surface area contributed by atoms with Crippen LogP contribution in [0.5, 0.6) is 5.75 Å². The van der Waals surface area contributed by atoms with Gasteiger partial charge in [0.2, 0.25) is 10.0 Å². The third-order valence-corrected chi connectivity index (χ3v) is 9.17. The predicted molar refractivity (Wildman–Crippen MR) is 93.9 cm³/mol. The summed E-state index contributed by atoms with van der Waals surface area (Å²) in [5.41, 5.74) is 0.914. The van der Waals surface area contributed by atoms with Gasteiger partial charge in [-0.1, -0.05) is 6.42 Å². The highest BCUT2D eigenvalue weighted by atomic mass is 32.2. The Labute approximate surface area is 149 Å². The summed E-state index contributed by atoms with van der Waals surface area (Å²) in [6, 6.07) is 4.58. The lowest BCUT2D eigenvalue weighted by molar-refractivity contribution is 0.175. The van der Waals surface area contributed by atoms with Gasteiger partial charge in [-0.05, 0) is 55.4 Å². The molecule has 2 fully saturated rings. The van der Waals surface area contributed by atoms with Crippen LogP contribution in [0.2, 0.25) is 0 Å². The number of benzene rings is 1. The minimum absolute atomic E-state index is 0.0506. The molecule has 1 saturated carbocycles. The van der Waals surface area contributed by atoms with Gasteiger partial charge in [0.15, 0.2) is 9.84 Å². The van der Waals surface area contributed by atoms with Crippen molar-refractivity contribution in [2.24, 2.45) is 5.92 Å². The molecular formula is C17H23NO5S2. The van der Waals surface area contributed by atoms with E-state index in [1.54, 1.807) is 18.2 Å². The molecule has 1 aromatic rings. The number of sulfonamides is 1. The van der Waals surface area contributed by atoms with Crippen LogP contribution in [0.15, 0.2) is 23.1 Å². The zero-order chi connectivity index (χ0) is 17.7. The molecule has 1 unspecified atom stereocenters. The molecule has 1 aromatic carbocycles. The van der Waals surface area contributed by atoms with Crippen molar-refractivity contribution in [2.45, 2.75) is 43.0 Å². The summed E-state index contributed by atoms with van der Waals surface area (Å²) >= 11 is 0. The van der Waals surface area contributed by atoms with E-state index in [0.717, 1.165) is 43.4 Å². The summed E-state index contributed by atoms with van der Waals surface area (Å²) in [4.78, 5) is 0.250. The quantitative estimate of drug-likeness (QED) is 0.789. The van der Waals surface area contributed by atoms with Gasteiger partial charge >= 0.3 is 0 Å². The lowest BCUT2D eigenvalue weighted by atomic mass is 9.80. The normalized spacial score (nSPS) is 27.1. The molecule has 0 aromatic heterocycles. The van der Waals surface area contributed by atoms with Crippen molar-refractivity contribution in [3.8, 4) is 5.75 Å². The van der Waals surface area contributed by atoms with Crippen LogP contribution in [0.1, 0.15) is 31.2 Å². The smallest absolute Gasteiger partial charge is 0.243 e. The Bertz CT molecular complexity index is 874. The van der Waals surface area contributed by atoms with Crippen LogP contribution >= 0.6 is 0 Å². The van der Waals surface area contributed by atoms with Crippen LogP contribution in [-0.4, -0.2) is 51.8 Å². The maximum absolute atomic E-state index is 13.2. The fraction of sp³-hybridized carbons (Fsp3) is 0.647. The van der Waals surface area contributed by atoms with E-state index in [1.807, 2.05) is 0 Å². The molecule has 25 heavy (non-hydrogen) atoms. The molecule has 0 spiro atoms. The standard InChI is InChI=1S/C17H23NO5S2/c19-24(20)10-8-18(16(12-24)13-3-1-4-13)25(21,22)15-6-7-17-14(11-15)5-2-9-23-17/h6-7,11,13,16H,1-5,8-10,12H2. The first-order valence-corrected chi connectivity index (χ1v) is 12.1. The molecule has 4 rings (SSSR count). The van der Waals surface area contributed by atoms with Crippen LogP contribution in [0.25, 0.3) is 0 Å². The average Bonchev–Trinajstić information content (AvgIpc) is 2.52. The van der Waals surface area contributed by atoms with E-state index in [4.69, 9.17) is 4.74 Å². The molecular weight excluding hydrogens is 362 g/mol. The Kier molecular flexibility index (Phi) is 4.32. The van der Waals surface area contributed by atoms with Gasteiger partial charge in [0.1, 0.15) is 5.75 Å². The van der Waals surface area contributed by atoms with Crippen molar-refractivity contribution in [3.63, 3.8) is 0 Å². The number of hydrogen-bond acceptors (Lipinski definition) is 5. The monoisotopic (exact) mass is 385 g/mol. The van der Waals surface area contributed by atoms with E-state index in [1.165, 1.54) is 4.31 Å². The molecule has 6 nitrogen and oxygen atoms in total. The Balaban J connectivity index is 1.68. The molecule has 1 saturated heterocycles. The van der Waals surface area contributed by atoms with Gasteiger partial charge in [0.05, 0.1) is 23.0 Å². The lowest BCUT2D eigenvalue weighted by Gasteiger charge is -2.42. The van der Waals surface area contributed by atoms with Gasteiger partial charge in [-0.15, -0.1) is 0 Å². The van der Waals surface area contributed by atoms with E-state index in [9.17, 15) is 16.8 Å². The Morgan fingerprint density at radius 2 is 1.96 bits per heavy atom. The summed E-state index contributed by atoms with van der Waals surface area (Å²) in [5.74, 6) is 0.766. The van der Waals surface area contributed by atoms with Gasteiger partial charge in [0, 0.05) is 12.6 Å². The summed E-state index contributed by atoms with van der Waals surface area (Å²) in [6.45, 7) is 0.715. The van der Waals surface area contributed by atoms with Crippen molar-refractivity contribution in [2.75, 3.05) is 24.7 Å². The fourth-order valence-corrected chi connectivity index (χ4v) is 7.51. The zero-order valence-electron chi connectivity index (χ0n) is 14.1. The summed E-state index contributed by atoms with van der Waals surface area (Å²) in [7, 11) is -6.87. The first-order valence-electron chi connectivity index (χ1n) is 8.85. The Morgan fingerprint density at radius 3 is 2.68 bits per heavy atom. The maximum atomic E-state index is 13.2. The Morgan fingerprint density at radius 1 is 1.16 bits per heavy atom. The highest BCUT2D eigenvalue weighted by Crippen LogP contribution is 2.37. The van der Waals surface area contributed by atoms with Gasteiger partial charge in [-0.3, -0.25) is 0 Å². The topological polar surface area (TPSA) is 80.8 Å². The van der Waals surface area contributed by atoms with Crippen LogP contribution < -0.4 is 4.74 Å². The highest BCUT2D eigenvalue weighted by molar-refractivity contribution is 7.92. The average molecular weight is 386 g/mol. The summed E-state index contributed by atoms with van der Waals surface area (Å²) in [6.07, 6.45) is 4.54. The second-order valence-electron chi connectivity index (χ2n) is 7.21. The van der Waals surface area contributed by atoms with Gasteiger partial charge < -0.3 is 4.74 Å².